The molecule has 2 unspecified atom stereocenters. The molecule has 0 spiro atoms. The van der Waals surface area contributed by atoms with Crippen molar-refractivity contribution in [3.05, 3.63) is 59.0 Å². The number of ether oxygens (including phenoxy) is 4. The number of nitrogens with one attached hydrogen (secondary N) is 1. The van der Waals surface area contributed by atoms with Gasteiger partial charge in [0.15, 0.2) is 30.0 Å². The number of benzene rings is 1. The molecule has 6 heterocycles. The first-order valence-corrected chi connectivity index (χ1v) is 24.0. The van der Waals surface area contributed by atoms with Gasteiger partial charge in [0.25, 0.3) is 11.8 Å². The number of hydrogen-bond donors (Lipinski definition) is 8. The van der Waals surface area contributed by atoms with Crippen LogP contribution in [0, 0.1) is 0 Å². The number of nitrogens with zero attached hydrogens (tertiary/aromatic N) is 6. The van der Waals surface area contributed by atoms with Crippen molar-refractivity contribution in [2.75, 3.05) is 44.6 Å². The van der Waals surface area contributed by atoms with Crippen LogP contribution in [-0.2, 0) is 48.5 Å². The molecular formula is C37H49N8O16P2S+. The smallest absolute Gasteiger partial charge is 0.387 e. The van der Waals surface area contributed by atoms with E-state index in [0.717, 1.165) is 53.4 Å². The molecule has 1 aromatic carbocycles. The highest BCUT2D eigenvalue weighted by Crippen LogP contribution is 2.61. The minimum atomic E-state index is -5.41. The summed E-state index contributed by atoms with van der Waals surface area (Å²) in [6.45, 7) is -0.674. The molecule has 10 atom stereocenters. The summed E-state index contributed by atoms with van der Waals surface area (Å²) in [7, 11) is -7.47. The second-order valence-electron chi connectivity index (χ2n) is 15.6. The zero-order valence-electron chi connectivity index (χ0n) is 34.4. The Bertz CT molecular complexity index is 2610. The molecule has 3 fully saturated rings. The molecule has 64 heavy (non-hydrogen) atoms. The summed E-state index contributed by atoms with van der Waals surface area (Å²) in [6, 6.07) is 7.42. The minimum absolute atomic E-state index is 0.0534. The fourth-order valence-corrected chi connectivity index (χ4v) is 10.9. The second kappa shape index (κ2) is 19.2. The van der Waals surface area contributed by atoms with E-state index in [0.29, 0.717) is 18.9 Å². The SMILES string of the molecule is COCCOC1CCC(Nc2cc(=O)n(C)c3ccc(-c4c[n+]([C@@H]5O[C@H](COP(=O)(O)OP(=O)(O)OC[C@H]6O[C@@H](n7cnc8c(N)ncnc87)[C@H](O)[C@@H]6O)[C@@H](O)[C@H]5O)cs4)cc23)CC1. The molecule has 2 aliphatic heterocycles. The Balaban J connectivity index is 0.866. The third-order valence-corrected chi connectivity index (χ3v) is 15.0. The highest BCUT2D eigenvalue weighted by Gasteiger charge is 2.50. The van der Waals surface area contributed by atoms with Crippen LogP contribution in [0.3, 0.4) is 0 Å². The lowest BCUT2D eigenvalue weighted by atomic mass is 9.92. The van der Waals surface area contributed by atoms with Gasteiger partial charge in [0, 0.05) is 37.3 Å². The minimum Gasteiger partial charge on any atom is -0.387 e. The molecule has 9 N–H and O–H groups in total. The van der Waals surface area contributed by atoms with Crippen molar-refractivity contribution in [1.29, 1.82) is 0 Å². The second-order valence-corrected chi connectivity index (χ2v) is 19.5. The van der Waals surface area contributed by atoms with Crippen LogP contribution in [0.1, 0.15) is 38.1 Å². The topological polar surface area (TPSA) is 328 Å². The van der Waals surface area contributed by atoms with Crippen molar-refractivity contribution in [1.82, 2.24) is 24.1 Å². The number of phosphoric ester groups is 2. The van der Waals surface area contributed by atoms with Gasteiger partial charge in [-0.25, -0.2) is 24.1 Å². The fourth-order valence-electron chi connectivity index (χ4n) is 7.99. The highest BCUT2D eigenvalue weighted by molar-refractivity contribution is 7.61. The summed E-state index contributed by atoms with van der Waals surface area (Å²) in [4.78, 5) is 46.3. The van der Waals surface area contributed by atoms with E-state index in [1.807, 2.05) is 18.2 Å². The maximum Gasteiger partial charge on any atom is 0.481 e. The molecular weight excluding hydrogens is 906 g/mol. The Kier molecular flexibility index (Phi) is 14.0. The van der Waals surface area contributed by atoms with Crippen molar-refractivity contribution in [2.45, 2.75) is 86.9 Å². The highest BCUT2D eigenvalue weighted by atomic mass is 32.1. The molecule has 8 rings (SSSR count). The Labute approximate surface area is 367 Å². The molecule has 4 aromatic heterocycles. The van der Waals surface area contributed by atoms with Gasteiger partial charge in [-0.15, -0.1) is 0 Å². The molecule has 0 amide bonds. The van der Waals surface area contributed by atoms with Gasteiger partial charge >= 0.3 is 15.6 Å². The Hall–Kier alpha value is -3.85. The van der Waals surface area contributed by atoms with Gasteiger partial charge < -0.3 is 64.8 Å². The predicted octanol–water partition coefficient (Wildman–Crippen LogP) is 0.852. The molecule has 0 bridgehead atoms. The Morgan fingerprint density at radius 1 is 0.938 bits per heavy atom. The lowest BCUT2D eigenvalue weighted by molar-refractivity contribution is -0.761. The van der Waals surface area contributed by atoms with E-state index >= 15 is 0 Å². The molecule has 24 nitrogen and oxygen atoms in total. The van der Waals surface area contributed by atoms with Crippen LogP contribution < -0.4 is 21.2 Å². The van der Waals surface area contributed by atoms with E-state index in [2.05, 4.69) is 24.6 Å². The lowest BCUT2D eigenvalue weighted by Gasteiger charge is -2.30. The number of methoxy groups -OCH3 is 1. The number of aryl methyl sites for hydroxylation is 1. The number of hydrogen-bond acceptors (Lipinski definition) is 20. The van der Waals surface area contributed by atoms with Gasteiger partial charge in [-0.3, -0.25) is 18.4 Å². The summed E-state index contributed by atoms with van der Waals surface area (Å²) in [6.07, 6.45) is -3.95. The first kappa shape index (κ1) is 46.7. The van der Waals surface area contributed by atoms with Gasteiger partial charge in [0.2, 0.25) is 5.51 Å². The Morgan fingerprint density at radius 2 is 1.64 bits per heavy atom. The fraction of sp³-hybridized carbons (Fsp3) is 0.541. The standard InChI is InChI=1S/C37H48N8O16P2S/c1-43-24-8-3-19(11-22(24)23(12-28(43)46)42-20-4-6-21(7-5-20)56-10-9-55-2)27-13-44(18-64-27)36-32(49)30(47)25(59-36)14-57-62(51,52)61-63(53,54)58-15-26-31(48)33(50)37(60-26)45-17-41-29-34(38)39-16-40-35(29)45/h3,8,11-13,16-18,20-21,25-26,30-33,36-37,47-50H,4-7,9-10,14-15H2,1-2H3,(H4-,38,39,40,42,46,51,52,53,54)/p+1/t20?,21?,25-,26-,30-,31-,32-,33-,36-,37-/m1/s1. The maximum atomic E-state index is 12.9. The summed E-state index contributed by atoms with van der Waals surface area (Å²) in [5.41, 5.74) is 9.91. The Morgan fingerprint density at radius 3 is 2.36 bits per heavy atom. The van der Waals surface area contributed by atoms with Crippen molar-refractivity contribution < 1.29 is 76.2 Å². The van der Waals surface area contributed by atoms with E-state index in [9.17, 15) is 44.1 Å². The first-order chi connectivity index (χ1) is 30.5. The lowest BCUT2D eigenvalue weighted by Crippen LogP contribution is -2.44. The van der Waals surface area contributed by atoms with Crippen LogP contribution in [0.2, 0.25) is 0 Å². The molecule has 3 aliphatic rings. The third kappa shape index (κ3) is 9.95. The van der Waals surface area contributed by atoms with Crippen LogP contribution in [-0.4, -0.2) is 137 Å². The molecule has 0 radical (unpaired) electrons. The average Bonchev–Trinajstić information content (AvgIpc) is 4.05. The summed E-state index contributed by atoms with van der Waals surface area (Å²) < 4.78 is 66.5. The third-order valence-electron chi connectivity index (χ3n) is 11.4. The number of aliphatic hydroxyl groups excluding tert-OH is 4. The monoisotopic (exact) mass is 955 g/mol. The van der Waals surface area contributed by atoms with Gasteiger partial charge in [-0.1, -0.05) is 17.4 Å². The normalized spacial score (nSPS) is 29.3. The van der Waals surface area contributed by atoms with E-state index in [-0.39, 0.29) is 34.7 Å². The average molecular weight is 956 g/mol. The van der Waals surface area contributed by atoms with Crippen LogP contribution in [0.25, 0.3) is 32.5 Å². The zero-order valence-corrected chi connectivity index (χ0v) is 37.0. The van der Waals surface area contributed by atoms with Crippen molar-refractivity contribution >= 4 is 60.6 Å². The molecule has 2 saturated heterocycles. The van der Waals surface area contributed by atoms with Crippen LogP contribution in [0.15, 0.2) is 53.4 Å². The largest absolute Gasteiger partial charge is 0.481 e. The van der Waals surface area contributed by atoms with Gasteiger partial charge in [-0.05, 0) is 43.4 Å². The van der Waals surface area contributed by atoms with E-state index in [1.54, 1.807) is 36.5 Å². The molecule has 1 saturated carbocycles. The maximum absolute atomic E-state index is 12.9. The number of thiazole rings is 1. The van der Waals surface area contributed by atoms with E-state index < -0.39 is 77.9 Å². The number of aromatic nitrogens is 6. The predicted molar refractivity (Wildman–Crippen MR) is 224 cm³/mol. The molecule has 1 aliphatic carbocycles. The number of rotatable bonds is 17. The van der Waals surface area contributed by atoms with Crippen molar-refractivity contribution in [3.8, 4) is 10.4 Å². The first-order valence-electron chi connectivity index (χ1n) is 20.1. The summed E-state index contributed by atoms with van der Waals surface area (Å²) in [5, 5.41) is 47.4. The molecule has 5 aromatic rings. The van der Waals surface area contributed by atoms with Gasteiger partial charge in [0.1, 0.15) is 47.2 Å². The van der Waals surface area contributed by atoms with Gasteiger partial charge in [-0.2, -0.15) is 8.88 Å². The molecule has 348 valence electrons. The van der Waals surface area contributed by atoms with Crippen molar-refractivity contribution in [2.24, 2.45) is 7.05 Å². The van der Waals surface area contributed by atoms with Crippen molar-refractivity contribution in [3.63, 3.8) is 0 Å². The van der Waals surface area contributed by atoms with Crippen LogP contribution >= 0.6 is 27.0 Å². The van der Waals surface area contributed by atoms with Gasteiger partial charge in [0.05, 0.1) is 44.4 Å². The van der Waals surface area contributed by atoms with Crippen LogP contribution in [0.4, 0.5) is 11.5 Å². The number of aliphatic hydroxyl groups is 4. The van der Waals surface area contributed by atoms with Crippen LogP contribution in [0.5, 0.6) is 0 Å². The number of phosphoric acid groups is 2. The number of nitrogens with two attached hydrogens (primary N) is 1. The zero-order chi connectivity index (χ0) is 45.5. The molecule has 27 heteroatoms. The number of pyridine rings is 1. The number of anilines is 2. The number of imidazole rings is 1. The summed E-state index contributed by atoms with van der Waals surface area (Å²) >= 11 is 1.32. The quantitative estimate of drug-likeness (QED) is 0.0364. The van der Waals surface area contributed by atoms with E-state index in [4.69, 9.17) is 33.7 Å². The number of fused-ring (bicyclic) bond motifs is 2. The van der Waals surface area contributed by atoms with E-state index in [1.165, 1.54) is 26.8 Å². The summed E-state index contributed by atoms with van der Waals surface area (Å²) in [5.74, 6) is 0.0534. The number of nitrogen functional groups attached to an aromatic ring is 1.